The van der Waals surface area contributed by atoms with Crippen LogP contribution in [0.3, 0.4) is 0 Å². The van der Waals surface area contributed by atoms with Gasteiger partial charge in [0, 0.05) is 23.9 Å². The first-order chi connectivity index (χ1) is 8.67. The van der Waals surface area contributed by atoms with Gasteiger partial charge in [-0.05, 0) is 24.6 Å². The minimum Gasteiger partial charge on any atom is -0.299 e. The Morgan fingerprint density at radius 1 is 1.44 bits per heavy atom. The molecule has 0 saturated heterocycles. The van der Waals surface area contributed by atoms with E-state index in [1.165, 1.54) is 11.3 Å². The van der Waals surface area contributed by atoms with Gasteiger partial charge in [0.25, 0.3) is 0 Å². The lowest BCUT2D eigenvalue weighted by Crippen LogP contribution is -2.12. The third-order valence-corrected chi connectivity index (χ3v) is 4.33. The number of thiazole rings is 1. The molecular formula is C13H14BrNO2S. The summed E-state index contributed by atoms with van der Waals surface area (Å²) >= 11 is 4.58. The number of nitrogens with zero attached hydrogens (tertiary/aromatic N) is 1. The predicted octanol–water partition coefficient (Wildman–Crippen LogP) is 3.44. The van der Waals surface area contributed by atoms with Crippen molar-refractivity contribution in [2.75, 3.05) is 5.33 Å². The molecule has 0 aliphatic carbocycles. The lowest BCUT2D eigenvalue weighted by atomic mass is 10.1. The van der Waals surface area contributed by atoms with Gasteiger partial charge in [-0.1, -0.05) is 34.2 Å². The zero-order valence-corrected chi connectivity index (χ0v) is 12.5. The second-order valence-electron chi connectivity index (χ2n) is 4.02. The van der Waals surface area contributed by atoms with Gasteiger partial charge in [-0.25, -0.2) is 0 Å². The van der Waals surface area contributed by atoms with Crippen molar-refractivity contribution in [3.05, 3.63) is 33.4 Å². The van der Waals surface area contributed by atoms with Gasteiger partial charge in [0.1, 0.15) is 0 Å². The first-order valence-electron chi connectivity index (χ1n) is 5.90. The molecule has 2 rings (SSSR count). The van der Waals surface area contributed by atoms with Crippen LogP contribution in [0.1, 0.15) is 30.1 Å². The normalized spacial score (nSPS) is 11.0. The van der Waals surface area contributed by atoms with E-state index in [9.17, 15) is 9.59 Å². The van der Waals surface area contributed by atoms with E-state index in [2.05, 4.69) is 15.9 Å². The van der Waals surface area contributed by atoms with Crippen molar-refractivity contribution < 1.29 is 4.79 Å². The van der Waals surface area contributed by atoms with Crippen molar-refractivity contribution in [2.24, 2.45) is 0 Å². The number of fused-ring (bicyclic) bond motifs is 1. The smallest absolute Gasteiger partial charge is 0.299 e. The van der Waals surface area contributed by atoms with Gasteiger partial charge in [-0.2, -0.15) is 0 Å². The van der Waals surface area contributed by atoms with Gasteiger partial charge in [-0.3, -0.25) is 14.2 Å². The number of carbonyl (C=O) groups excluding carboxylic acids is 1. The van der Waals surface area contributed by atoms with Crippen LogP contribution >= 0.6 is 27.3 Å². The standard InChI is InChI=1S/C13H14BrNO2S/c1-2-11(16)9-4-5-10-12(8-9)18-13(17)15(10)7-3-6-14/h4-5,8H,2-3,6-7H2,1H3. The molecule has 0 radical (unpaired) electrons. The molecule has 0 bridgehead atoms. The fourth-order valence-electron chi connectivity index (χ4n) is 1.87. The van der Waals surface area contributed by atoms with E-state index < -0.39 is 0 Å². The molecule has 0 N–H and O–H groups in total. The summed E-state index contributed by atoms with van der Waals surface area (Å²) in [5.74, 6) is 0.116. The number of carbonyl (C=O) groups is 1. The Kier molecular flexibility index (Phi) is 4.35. The number of hydrogen-bond donors (Lipinski definition) is 0. The minimum absolute atomic E-state index is 0.0482. The van der Waals surface area contributed by atoms with E-state index in [1.807, 2.05) is 25.1 Å². The van der Waals surface area contributed by atoms with Gasteiger partial charge in [-0.15, -0.1) is 0 Å². The summed E-state index contributed by atoms with van der Waals surface area (Å²) in [6.45, 7) is 2.56. The molecule has 0 fully saturated rings. The van der Waals surface area contributed by atoms with E-state index in [-0.39, 0.29) is 10.7 Å². The quantitative estimate of drug-likeness (QED) is 0.623. The number of halogens is 1. The Bertz CT molecular complexity index is 629. The largest absolute Gasteiger partial charge is 0.308 e. The van der Waals surface area contributed by atoms with Crippen LogP contribution < -0.4 is 4.87 Å². The van der Waals surface area contributed by atoms with Gasteiger partial charge in [0.05, 0.1) is 10.2 Å². The summed E-state index contributed by atoms with van der Waals surface area (Å²) in [7, 11) is 0. The number of benzene rings is 1. The molecule has 0 unspecified atom stereocenters. The molecule has 2 aromatic rings. The lowest BCUT2D eigenvalue weighted by molar-refractivity contribution is 0.0988. The first-order valence-corrected chi connectivity index (χ1v) is 7.83. The molecule has 0 aliphatic heterocycles. The van der Waals surface area contributed by atoms with Crippen LogP contribution in [0.2, 0.25) is 0 Å². The number of alkyl halides is 1. The molecule has 0 atom stereocenters. The van der Waals surface area contributed by atoms with Crippen molar-refractivity contribution in [3.8, 4) is 0 Å². The fraction of sp³-hybridized carbons (Fsp3) is 0.385. The van der Waals surface area contributed by atoms with Gasteiger partial charge >= 0.3 is 4.87 Å². The van der Waals surface area contributed by atoms with E-state index in [1.54, 1.807) is 4.57 Å². The van der Waals surface area contributed by atoms with Gasteiger partial charge in [0.15, 0.2) is 5.78 Å². The molecule has 0 amide bonds. The number of aromatic nitrogens is 1. The molecule has 96 valence electrons. The summed E-state index contributed by atoms with van der Waals surface area (Å²) in [4.78, 5) is 23.6. The second kappa shape index (κ2) is 5.80. The highest BCUT2D eigenvalue weighted by atomic mass is 79.9. The average Bonchev–Trinajstić information content (AvgIpc) is 2.70. The van der Waals surface area contributed by atoms with Crippen LogP contribution in [0.25, 0.3) is 10.2 Å². The monoisotopic (exact) mass is 327 g/mol. The van der Waals surface area contributed by atoms with Crippen LogP contribution in [0, 0.1) is 0 Å². The average molecular weight is 328 g/mol. The summed E-state index contributed by atoms with van der Waals surface area (Å²) in [5, 5.41) is 0.878. The Balaban J connectivity index is 2.47. The number of ketones is 1. The molecular weight excluding hydrogens is 314 g/mol. The van der Waals surface area contributed by atoms with Gasteiger partial charge in [0.2, 0.25) is 0 Å². The third-order valence-electron chi connectivity index (χ3n) is 2.83. The molecule has 0 spiro atoms. The van der Waals surface area contributed by atoms with Crippen molar-refractivity contribution >= 4 is 43.3 Å². The number of rotatable bonds is 5. The molecule has 3 nitrogen and oxygen atoms in total. The van der Waals surface area contributed by atoms with Crippen molar-refractivity contribution in [1.29, 1.82) is 0 Å². The molecule has 0 saturated carbocycles. The maximum absolute atomic E-state index is 11.9. The van der Waals surface area contributed by atoms with Crippen molar-refractivity contribution in [3.63, 3.8) is 0 Å². The molecule has 1 heterocycles. The number of Topliss-reactive ketones (excluding diaryl/α,β-unsaturated/α-hetero) is 1. The molecule has 1 aromatic heterocycles. The topological polar surface area (TPSA) is 39.1 Å². The highest BCUT2D eigenvalue weighted by Gasteiger charge is 2.10. The fourth-order valence-corrected chi connectivity index (χ4v) is 3.08. The summed E-state index contributed by atoms with van der Waals surface area (Å²) in [6.07, 6.45) is 1.41. The van der Waals surface area contributed by atoms with Crippen molar-refractivity contribution in [1.82, 2.24) is 4.57 Å². The van der Waals surface area contributed by atoms with E-state index in [0.717, 1.165) is 22.0 Å². The first kappa shape index (κ1) is 13.5. The zero-order valence-electron chi connectivity index (χ0n) is 10.1. The van der Waals surface area contributed by atoms with Gasteiger partial charge < -0.3 is 0 Å². The maximum Gasteiger partial charge on any atom is 0.308 e. The summed E-state index contributed by atoms with van der Waals surface area (Å²) in [6, 6.07) is 5.52. The number of hydrogen-bond acceptors (Lipinski definition) is 3. The molecule has 0 aliphatic rings. The van der Waals surface area contributed by atoms with Crippen LogP contribution in [0.15, 0.2) is 23.0 Å². The van der Waals surface area contributed by atoms with Crippen LogP contribution in [-0.4, -0.2) is 15.7 Å². The third kappa shape index (κ3) is 2.57. The van der Waals surface area contributed by atoms with E-state index in [0.29, 0.717) is 18.5 Å². The van der Waals surface area contributed by atoms with E-state index >= 15 is 0 Å². The van der Waals surface area contributed by atoms with Crippen molar-refractivity contribution in [2.45, 2.75) is 26.3 Å². The molecule has 5 heteroatoms. The Morgan fingerprint density at radius 2 is 2.22 bits per heavy atom. The molecule has 18 heavy (non-hydrogen) atoms. The Hall–Kier alpha value is -0.940. The zero-order chi connectivity index (χ0) is 13.1. The highest BCUT2D eigenvalue weighted by Crippen LogP contribution is 2.20. The van der Waals surface area contributed by atoms with Crippen LogP contribution in [-0.2, 0) is 6.54 Å². The van der Waals surface area contributed by atoms with Crippen LogP contribution in [0.4, 0.5) is 0 Å². The Labute approximate surface area is 118 Å². The molecule has 1 aromatic carbocycles. The minimum atomic E-state index is 0.0482. The summed E-state index contributed by atoms with van der Waals surface area (Å²) in [5.41, 5.74) is 1.62. The maximum atomic E-state index is 11.9. The highest BCUT2D eigenvalue weighted by molar-refractivity contribution is 9.09. The Morgan fingerprint density at radius 3 is 2.89 bits per heavy atom. The van der Waals surface area contributed by atoms with Crippen LogP contribution in [0.5, 0.6) is 0 Å². The SMILES string of the molecule is CCC(=O)c1ccc2c(c1)sc(=O)n2CCCBr. The number of aryl methyl sites for hydroxylation is 1. The lowest BCUT2D eigenvalue weighted by Gasteiger charge is -2.02. The summed E-state index contributed by atoms with van der Waals surface area (Å²) < 4.78 is 2.68. The predicted molar refractivity (Wildman–Crippen MR) is 79.1 cm³/mol. The van der Waals surface area contributed by atoms with E-state index in [4.69, 9.17) is 0 Å². The second-order valence-corrected chi connectivity index (χ2v) is 5.81.